The van der Waals surface area contributed by atoms with Crippen LogP contribution in [0.2, 0.25) is 0 Å². The molecule has 1 amide bonds. The number of rotatable bonds is 7. The largest absolute Gasteiger partial charge is 0.378 e. The first-order valence-corrected chi connectivity index (χ1v) is 9.26. The van der Waals surface area contributed by atoms with Crippen LogP contribution < -0.4 is 15.1 Å². The molecule has 0 saturated heterocycles. The summed E-state index contributed by atoms with van der Waals surface area (Å²) in [6.07, 6.45) is 1.44. The second-order valence-electron chi connectivity index (χ2n) is 6.66. The maximum atomic E-state index is 12.6. The summed E-state index contributed by atoms with van der Waals surface area (Å²) >= 11 is 0. The van der Waals surface area contributed by atoms with Crippen molar-refractivity contribution in [3.63, 3.8) is 0 Å². The van der Waals surface area contributed by atoms with Crippen LogP contribution in [0.5, 0.6) is 0 Å². The molecule has 0 aliphatic heterocycles. The number of hydrogen-bond donors (Lipinski definition) is 1. The van der Waals surface area contributed by atoms with Crippen LogP contribution in [0.25, 0.3) is 0 Å². The normalized spacial score (nSPS) is 10.4. The Kier molecular flexibility index (Phi) is 6.22. The summed E-state index contributed by atoms with van der Waals surface area (Å²) in [6.45, 7) is 3.57. The molecule has 2 aromatic carbocycles. The van der Waals surface area contributed by atoms with Crippen LogP contribution in [0.3, 0.4) is 0 Å². The third-order valence-electron chi connectivity index (χ3n) is 4.45. The molecule has 0 fully saturated rings. The number of anilines is 3. The molecule has 0 radical (unpaired) electrons. The molecule has 6 nitrogen and oxygen atoms in total. The minimum absolute atomic E-state index is 0.253. The molecule has 3 rings (SSSR count). The van der Waals surface area contributed by atoms with E-state index in [1.807, 2.05) is 61.5 Å². The number of benzene rings is 2. The lowest BCUT2D eigenvalue weighted by molar-refractivity contribution is 0.102. The zero-order chi connectivity index (χ0) is 19.9. The average Bonchev–Trinajstić information content (AvgIpc) is 2.73. The van der Waals surface area contributed by atoms with Crippen molar-refractivity contribution < 1.29 is 4.79 Å². The molecule has 0 aliphatic carbocycles. The van der Waals surface area contributed by atoms with Gasteiger partial charge in [-0.05, 0) is 36.8 Å². The summed E-state index contributed by atoms with van der Waals surface area (Å²) in [5.41, 5.74) is 3.33. The SMILES string of the molecule is CCN(Cc1ccccc1)c1cc(C(=O)Nc2ccc(N(C)C)cc2)ncn1. The van der Waals surface area contributed by atoms with Gasteiger partial charge in [0.05, 0.1) is 0 Å². The average molecular weight is 375 g/mol. The van der Waals surface area contributed by atoms with Gasteiger partial charge in [0.2, 0.25) is 0 Å². The Morgan fingerprint density at radius 3 is 2.36 bits per heavy atom. The quantitative estimate of drug-likeness (QED) is 0.680. The smallest absolute Gasteiger partial charge is 0.274 e. The summed E-state index contributed by atoms with van der Waals surface area (Å²) in [4.78, 5) is 25.2. The van der Waals surface area contributed by atoms with E-state index in [1.54, 1.807) is 6.07 Å². The van der Waals surface area contributed by atoms with E-state index in [0.717, 1.165) is 30.3 Å². The van der Waals surface area contributed by atoms with Gasteiger partial charge in [0.1, 0.15) is 17.8 Å². The molecule has 0 spiro atoms. The van der Waals surface area contributed by atoms with Gasteiger partial charge < -0.3 is 15.1 Å². The predicted octanol–water partition coefficient (Wildman–Crippen LogP) is 3.82. The van der Waals surface area contributed by atoms with E-state index in [-0.39, 0.29) is 5.91 Å². The fraction of sp³-hybridized carbons (Fsp3) is 0.227. The van der Waals surface area contributed by atoms with E-state index in [2.05, 4.69) is 39.2 Å². The maximum Gasteiger partial charge on any atom is 0.274 e. The summed E-state index contributed by atoms with van der Waals surface area (Å²) in [6, 6.07) is 19.6. The molecule has 0 atom stereocenters. The van der Waals surface area contributed by atoms with Crippen LogP contribution in [0.15, 0.2) is 67.0 Å². The monoisotopic (exact) mass is 375 g/mol. The minimum atomic E-state index is -0.253. The zero-order valence-corrected chi connectivity index (χ0v) is 16.5. The van der Waals surface area contributed by atoms with Crippen LogP contribution in [0, 0.1) is 0 Å². The van der Waals surface area contributed by atoms with E-state index < -0.39 is 0 Å². The van der Waals surface area contributed by atoms with Crippen LogP contribution in [-0.4, -0.2) is 36.5 Å². The fourth-order valence-corrected chi connectivity index (χ4v) is 2.84. The molecular formula is C22H25N5O. The Balaban J connectivity index is 1.73. The van der Waals surface area contributed by atoms with Crippen molar-refractivity contribution in [3.05, 3.63) is 78.2 Å². The number of carbonyl (C=O) groups excluding carboxylic acids is 1. The highest BCUT2D eigenvalue weighted by Gasteiger charge is 2.13. The molecule has 0 saturated carbocycles. The molecule has 6 heteroatoms. The molecule has 1 aromatic heterocycles. The summed E-state index contributed by atoms with van der Waals surface area (Å²) in [5, 5.41) is 2.89. The van der Waals surface area contributed by atoms with Gasteiger partial charge in [0.25, 0.3) is 5.91 Å². The summed E-state index contributed by atoms with van der Waals surface area (Å²) < 4.78 is 0. The van der Waals surface area contributed by atoms with Gasteiger partial charge in [-0.15, -0.1) is 0 Å². The van der Waals surface area contributed by atoms with Gasteiger partial charge in [-0.25, -0.2) is 9.97 Å². The Morgan fingerprint density at radius 1 is 1.00 bits per heavy atom. The molecule has 144 valence electrons. The highest BCUT2D eigenvalue weighted by molar-refractivity contribution is 6.03. The number of nitrogens with one attached hydrogen (secondary N) is 1. The second kappa shape index (κ2) is 8.99. The summed E-state index contributed by atoms with van der Waals surface area (Å²) in [7, 11) is 3.95. The molecule has 0 unspecified atom stereocenters. The lowest BCUT2D eigenvalue weighted by Gasteiger charge is -2.22. The highest BCUT2D eigenvalue weighted by atomic mass is 16.1. The van der Waals surface area contributed by atoms with E-state index in [0.29, 0.717) is 5.69 Å². The Morgan fingerprint density at radius 2 is 1.71 bits per heavy atom. The van der Waals surface area contributed by atoms with Gasteiger partial charge >= 0.3 is 0 Å². The van der Waals surface area contributed by atoms with Gasteiger partial charge in [-0.3, -0.25) is 4.79 Å². The van der Waals surface area contributed by atoms with Crippen LogP contribution in [0.4, 0.5) is 17.2 Å². The van der Waals surface area contributed by atoms with Crippen molar-refractivity contribution >= 4 is 23.1 Å². The predicted molar refractivity (Wildman–Crippen MR) is 114 cm³/mol. The molecular weight excluding hydrogens is 350 g/mol. The van der Waals surface area contributed by atoms with Crippen molar-refractivity contribution in [2.75, 3.05) is 35.8 Å². The minimum Gasteiger partial charge on any atom is -0.378 e. The first kappa shape index (κ1) is 19.4. The molecule has 28 heavy (non-hydrogen) atoms. The molecule has 1 heterocycles. The maximum absolute atomic E-state index is 12.6. The molecule has 3 aromatic rings. The number of nitrogens with zero attached hydrogens (tertiary/aromatic N) is 4. The number of aromatic nitrogens is 2. The van der Waals surface area contributed by atoms with E-state index >= 15 is 0 Å². The first-order chi connectivity index (χ1) is 13.6. The van der Waals surface area contributed by atoms with Crippen molar-refractivity contribution in [3.8, 4) is 0 Å². The summed E-state index contributed by atoms with van der Waals surface area (Å²) in [5.74, 6) is 0.478. The molecule has 1 N–H and O–H groups in total. The van der Waals surface area contributed by atoms with Crippen molar-refractivity contribution in [1.29, 1.82) is 0 Å². The molecule has 0 bridgehead atoms. The second-order valence-corrected chi connectivity index (χ2v) is 6.66. The highest BCUT2D eigenvalue weighted by Crippen LogP contribution is 2.18. The molecule has 0 aliphatic rings. The third kappa shape index (κ3) is 4.85. The lowest BCUT2D eigenvalue weighted by Crippen LogP contribution is -2.24. The van der Waals surface area contributed by atoms with E-state index in [9.17, 15) is 4.79 Å². The Hall–Kier alpha value is -3.41. The number of carbonyl (C=O) groups is 1. The van der Waals surface area contributed by atoms with Gasteiger partial charge in [-0.1, -0.05) is 30.3 Å². The van der Waals surface area contributed by atoms with Crippen molar-refractivity contribution in [1.82, 2.24) is 9.97 Å². The van der Waals surface area contributed by atoms with Gasteiger partial charge in [-0.2, -0.15) is 0 Å². The van der Waals surface area contributed by atoms with Gasteiger partial charge in [0, 0.05) is 44.6 Å². The van der Waals surface area contributed by atoms with Gasteiger partial charge in [0.15, 0.2) is 0 Å². The number of hydrogen-bond acceptors (Lipinski definition) is 5. The standard InChI is InChI=1S/C22H25N5O/c1-4-27(15-17-8-6-5-7-9-17)21-14-20(23-16-24-21)22(28)25-18-10-12-19(13-11-18)26(2)3/h5-14,16H,4,15H2,1-3H3,(H,25,28). The van der Waals surface area contributed by atoms with E-state index in [1.165, 1.54) is 11.9 Å². The number of amides is 1. The van der Waals surface area contributed by atoms with Crippen LogP contribution >= 0.6 is 0 Å². The first-order valence-electron chi connectivity index (χ1n) is 9.26. The Bertz CT molecular complexity index is 910. The van der Waals surface area contributed by atoms with E-state index in [4.69, 9.17) is 0 Å². The Labute approximate surface area is 165 Å². The topological polar surface area (TPSA) is 61.4 Å². The lowest BCUT2D eigenvalue weighted by atomic mass is 10.2. The van der Waals surface area contributed by atoms with Crippen LogP contribution in [-0.2, 0) is 6.54 Å². The van der Waals surface area contributed by atoms with Crippen molar-refractivity contribution in [2.24, 2.45) is 0 Å². The zero-order valence-electron chi connectivity index (χ0n) is 16.5. The van der Waals surface area contributed by atoms with Crippen LogP contribution in [0.1, 0.15) is 23.0 Å². The fourth-order valence-electron chi connectivity index (χ4n) is 2.84. The van der Waals surface area contributed by atoms with Crippen molar-refractivity contribution in [2.45, 2.75) is 13.5 Å². The third-order valence-corrected chi connectivity index (χ3v) is 4.45.